The van der Waals surface area contributed by atoms with Crippen LogP contribution in [0.25, 0.3) is 0 Å². The van der Waals surface area contributed by atoms with Gasteiger partial charge in [-0.2, -0.15) is 0 Å². The maximum absolute atomic E-state index is 4.45. The average molecular weight is 247 g/mol. The van der Waals surface area contributed by atoms with E-state index in [0.29, 0.717) is 0 Å². The van der Waals surface area contributed by atoms with E-state index in [0.717, 1.165) is 26.2 Å². The van der Waals surface area contributed by atoms with Gasteiger partial charge in [-0.05, 0) is 30.4 Å². The molecular formula is C13H17N3S. The number of rotatable bonds is 3. The Bertz CT molecular complexity index is 500. The van der Waals surface area contributed by atoms with E-state index >= 15 is 0 Å². The van der Waals surface area contributed by atoms with Crippen molar-refractivity contribution in [3.05, 3.63) is 40.1 Å². The van der Waals surface area contributed by atoms with Gasteiger partial charge in [0.05, 0.1) is 6.54 Å². The first-order valence-electron chi connectivity index (χ1n) is 6.14. The van der Waals surface area contributed by atoms with Crippen molar-refractivity contribution < 1.29 is 0 Å². The topological polar surface area (TPSA) is 21.1 Å². The highest BCUT2D eigenvalue weighted by atomic mass is 32.1. The fraction of sp³-hybridized carbons (Fsp3) is 0.462. The first-order valence-corrected chi connectivity index (χ1v) is 7.02. The van der Waals surface area contributed by atoms with Crippen molar-refractivity contribution in [2.75, 3.05) is 6.54 Å². The monoisotopic (exact) mass is 247 g/mol. The van der Waals surface area contributed by atoms with Crippen molar-refractivity contribution in [1.82, 2.24) is 14.5 Å². The molecule has 2 aromatic rings. The minimum absolute atomic E-state index is 0.968. The summed E-state index contributed by atoms with van der Waals surface area (Å²) in [7, 11) is 0. The van der Waals surface area contributed by atoms with Gasteiger partial charge in [0, 0.05) is 36.9 Å². The second-order valence-corrected chi connectivity index (χ2v) is 5.46. The third-order valence-corrected chi connectivity index (χ3v) is 4.42. The van der Waals surface area contributed by atoms with Crippen LogP contribution in [0.1, 0.15) is 23.2 Å². The Kier molecular flexibility index (Phi) is 2.99. The summed E-state index contributed by atoms with van der Waals surface area (Å²) in [5, 5.41) is 2.21. The van der Waals surface area contributed by atoms with Crippen molar-refractivity contribution in [3.8, 4) is 0 Å². The van der Waals surface area contributed by atoms with Gasteiger partial charge in [0.1, 0.15) is 5.82 Å². The quantitative estimate of drug-likeness (QED) is 0.831. The van der Waals surface area contributed by atoms with E-state index in [1.807, 2.05) is 17.5 Å². The van der Waals surface area contributed by atoms with Gasteiger partial charge in [-0.25, -0.2) is 4.98 Å². The van der Waals surface area contributed by atoms with Crippen LogP contribution in [0, 0.1) is 0 Å². The fourth-order valence-electron chi connectivity index (χ4n) is 2.42. The Morgan fingerprint density at radius 2 is 2.41 bits per heavy atom. The van der Waals surface area contributed by atoms with E-state index in [1.165, 1.54) is 17.8 Å². The van der Waals surface area contributed by atoms with Gasteiger partial charge in [-0.15, -0.1) is 11.3 Å². The van der Waals surface area contributed by atoms with Crippen LogP contribution in [-0.2, 0) is 26.1 Å². The number of nitrogens with zero attached hydrogens (tertiary/aromatic N) is 3. The van der Waals surface area contributed by atoms with Gasteiger partial charge < -0.3 is 4.57 Å². The predicted octanol–water partition coefficient (Wildman–Crippen LogP) is 2.52. The fourth-order valence-corrected chi connectivity index (χ4v) is 3.31. The van der Waals surface area contributed by atoms with Gasteiger partial charge >= 0.3 is 0 Å². The summed E-state index contributed by atoms with van der Waals surface area (Å²) in [6.45, 7) is 6.38. The van der Waals surface area contributed by atoms with Crippen molar-refractivity contribution in [2.45, 2.75) is 33.0 Å². The SMILES string of the molecule is CCn1ccnc1CN1CCc2sccc2C1. The lowest BCUT2D eigenvalue weighted by Crippen LogP contribution is -2.30. The Morgan fingerprint density at radius 1 is 1.47 bits per heavy atom. The van der Waals surface area contributed by atoms with E-state index in [4.69, 9.17) is 0 Å². The highest BCUT2D eigenvalue weighted by molar-refractivity contribution is 7.10. The normalized spacial score (nSPS) is 16.1. The molecule has 0 unspecified atom stereocenters. The lowest BCUT2D eigenvalue weighted by Gasteiger charge is -2.26. The minimum atomic E-state index is 0.968. The third kappa shape index (κ3) is 2.15. The van der Waals surface area contributed by atoms with Gasteiger partial charge in [0.15, 0.2) is 0 Å². The smallest absolute Gasteiger partial charge is 0.122 e. The van der Waals surface area contributed by atoms with Crippen LogP contribution in [0.5, 0.6) is 0 Å². The van der Waals surface area contributed by atoms with Gasteiger partial charge in [0.25, 0.3) is 0 Å². The standard InChI is InChI=1S/C13H17N3S/c1-2-16-7-5-14-13(16)10-15-6-3-12-11(9-15)4-8-17-12/h4-5,7-8H,2-3,6,9-10H2,1H3. The molecule has 2 aromatic heterocycles. The molecular weight excluding hydrogens is 230 g/mol. The van der Waals surface area contributed by atoms with Gasteiger partial charge in [0.2, 0.25) is 0 Å². The molecule has 0 fully saturated rings. The molecule has 90 valence electrons. The number of fused-ring (bicyclic) bond motifs is 1. The highest BCUT2D eigenvalue weighted by Crippen LogP contribution is 2.24. The Balaban J connectivity index is 1.72. The number of thiophene rings is 1. The summed E-state index contributed by atoms with van der Waals surface area (Å²) in [4.78, 5) is 8.51. The molecule has 0 atom stereocenters. The highest BCUT2D eigenvalue weighted by Gasteiger charge is 2.18. The molecule has 3 rings (SSSR count). The average Bonchev–Trinajstić information content (AvgIpc) is 2.96. The first-order chi connectivity index (χ1) is 8.36. The Morgan fingerprint density at radius 3 is 3.29 bits per heavy atom. The molecule has 1 aliphatic rings. The molecule has 17 heavy (non-hydrogen) atoms. The largest absolute Gasteiger partial charge is 0.334 e. The molecule has 0 N–H and O–H groups in total. The van der Waals surface area contributed by atoms with E-state index in [-0.39, 0.29) is 0 Å². The summed E-state index contributed by atoms with van der Waals surface area (Å²) >= 11 is 1.90. The van der Waals surface area contributed by atoms with Crippen molar-refractivity contribution in [2.24, 2.45) is 0 Å². The zero-order chi connectivity index (χ0) is 11.7. The molecule has 1 aliphatic heterocycles. The van der Waals surface area contributed by atoms with Crippen LogP contribution in [-0.4, -0.2) is 21.0 Å². The molecule has 3 nitrogen and oxygen atoms in total. The van der Waals surface area contributed by atoms with Crippen LogP contribution in [0.3, 0.4) is 0 Å². The van der Waals surface area contributed by atoms with Gasteiger partial charge in [-0.1, -0.05) is 0 Å². The molecule has 0 aliphatic carbocycles. The van der Waals surface area contributed by atoms with E-state index in [2.05, 4.69) is 39.0 Å². The summed E-state index contributed by atoms with van der Waals surface area (Å²) in [6, 6.07) is 2.26. The van der Waals surface area contributed by atoms with Crippen molar-refractivity contribution >= 4 is 11.3 Å². The van der Waals surface area contributed by atoms with E-state index in [9.17, 15) is 0 Å². The van der Waals surface area contributed by atoms with Crippen LogP contribution >= 0.6 is 11.3 Å². The zero-order valence-corrected chi connectivity index (χ0v) is 10.9. The summed E-state index contributed by atoms with van der Waals surface area (Å²) in [5.74, 6) is 1.19. The molecule has 0 amide bonds. The second-order valence-electron chi connectivity index (χ2n) is 4.46. The lowest BCUT2D eigenvalue weighted by atomic mass is 10.1. The molecule has 0 saturated carbocycles. The molecule has 0 aromatic carbocycles. The van der Waals surface area contributed by atoms with E-state index < -0.39 is 0 Å². The van der Waals surface area contributed by atoms with Crippen LogP contribution in [0.4, 0.5) is 0 Å². The summed E-state index contributed by atoms with van der Waals surface area (Å²) in [6.07, 6.45) is 5.16. The Labute approximate surface area is 106 Å². The second kappa shape index (κ2) is 4.63. The van der Waals surface area contributed by atoms with Crippen molar-refractivity contribution in [3.63, 3.8) is 0 Å². The maximum atomic E-state index is 4.45. The molecule has 3 heterocycles. The summed E-state index contributed by atoms with van der Waals surface area (Å²) in [5.41, 5.74) is 1.51. The molecule has 0 saturated heterocycles. The van der Waals surface area contributed by atoms with Gasteiger partial charge in [-0.3, -0.25) is 4.90 Å². The number of hydrogen-bond acceptors (Lipinski definition) is 3. The summed E-state index contributed by atoms with van der Waals surface area (Å²) < 4.78 is 2.23. The molecule has 0 bridgehead atoms. The molecule has 4 heteroatoms. The number of hydrogen-bond donors (Lipinski definition) is 0. The molecule has 0 spiro atoms. The first kappa shape index (κ1) is 11.0. The maximum Gasteiger partial charge on any atom is 0.122 e. The number of imidazole rings is 1. The van der Waals surface area contributed by atoms with Crippen molar-refractivity contribution in [1.29, 1.82) is 0 Å². The third-order valence-electron chi connectivity index (χ3n) is 3.39. The van der Waals surface area contributed by atoms with Crippen LogP contribution in [0.2, 0.25) is 0 Å². The zero-order valence-electron chi connectivity index (χ0n) is 10.1. The van der Waals surface area contributed by atoms with Crippen LogP contribution in [0.15, 0.2) is 23.8 Å². The van der Waals surface area contributed by atoms with E-state index in [1.54, 1.807) is 4.88 Å². The number of aryl methyl sites for hydroxylation is 1. The number of aromatic nitrogens is 2. The minimum Gasteiger partial charge on any atom is -0.334 e. The van der Waals surface area contributed by atoms with Crippen LogP contribution < -0.4 is 0 Å². The predicted molar refractivity (Wildman–Crippen MR) is 70.0 cm³/mol. The lowest BCUT2D eigenvalue weighted by molar-refractivity contribution is 0.238. The molecule has 0 radical (unpaired) electrons. The Hall–Kier alpha value is -1.13.